The van der Waals surface area contributed by atoms with Crippen molar-refractivity contribution >= 4 is 11.9 Å². The van der Waals surface area contributed by atoms with Gasteiger partial charge in [-0.2, -0.15) is 5.10 Å². The Bertz CT molecular complexity index is 468. The molecule has 1 aromatic heterocycles. The summed E-state index contributed by atoms with van der Waals surface area (Å²) in [4.78, 5) is 25.5. The van der Waals surface area contributed by atoms with Crippen molar-refractivity contribution in [2.24, 2.45) is 0 Å². The van der Waals surface area contributed by atoms with E-state index in [-0.39, 0.29) is 18.4 Å². The summed E-state index contributed by atoms with van der Waals surface area (Å²) in [5, 5.41) is 4.35. The van der Waals surface area contributed by atoms with E-state index in [0.717, 1.165) is 12.1 Å². The molecule has 0 N–H and O–H groups in total. The zero-order chi connectivity index (χ0) is 15.1. The average molecular weight is 281 g/mol. The number of hydrogen-bond acceptors (Lipinski definition) is 4. The molecule has 0 aliphatic carbocycles. The number of amides is 1. The van der Waals surface area contributed by atoms with Gasteiger partial charge in [0.1, 0.15) is 12.2 Å². The highest BCUT2D eigenvalue weighted by Gasteiger charge is 2.22. The molecule has 0 aliphatic heterocycles. The summed E-state index contributed by atoms with van der Waals surface area (Å²) in [7, 11) is 0. The van der Waals surface area contributed by atoms with E-state index in [1.165, 1.54) is 4.90 Å². The predicted octanol–water partition coefficient (Wildman–Crippen LogP) is 1.49. The molecule has 0 bridgehead atoms. The fourth-order valence-electron chi connectivity index (χ4n) is 1.91. The smallest absolute Gasteiger partial charge is 0.325 e. The molecule has 0 saturated heterocycles. The van der Waals surface area contributed by atoms with E-state index in [9.17, 15) is 9.59 Å². The van der Waals surface area contributed by atoms with Gasteiger partial charge in [-0.05, 0) is 33.3 Å². The lowest BCUT2D eigenvalue weighted by Gasteiger charge is -2.19. The molecule has 0 spiro atoms. The van der Waals surface area contributed by atoms with Crippen LogP contribution in [0.25, 0.3) is 0 Å². The highest BCUT2D eigenvalue weighted by Crippen LogP contribution is 2.09. The van der Waals surface area contributed by atoms with E-state index in [2.05, 4.69) is 5.10 Å². The standard InChI is InChI=1S/C14H23N3O3/c1-5-11-9-12(17(7-3)15-11)14(19)16(6-2)10-13(18)20-8-4/h9H,5-8,10H2,1-4H3. The molecule has 112 valence electrons. The summed E-state index contributed by atoms with van der Waals surface area (Å²) in [6.07, 6.45) is 0.775. The Morgan fingerprint density at radius 3 is 2.50 bits per heavy atom. The van der Waals surface area contributed by atoms with Crippen LogP contribution in [0.1, 0.15) is 43.9 Å². The Kier molecular flexibility index (Phi) is 6.21. The number of aromatic nitrogens is 2. The van der Waals surface area contributed by atoms with E-state index >= 15 is 0 Å². The fourth-order valence-corrected chi connectivity index (χ4v) is 1.91. The second kappa shape index (κ2) is 7.67. The van der Waals surface area contributed by atoms with Crippen molar-refractivity contribution in [3.63, 3.8) is 0 Å². The summed E-state index contributed by atoms with van der Waals surface area (Å²) < 4.78 is 6.56. The van der Waals surface area contributed by atoms with Crippen molar-refractivity contribution in [2.45, 2.75) is 40.7 Å². The van der Waals surface area contributed by atoms with Crippen molar-refractivity contribution in [1.29, 1.82) is 0 Å². The number of aryl methyl sites for hydroxylation is 2. The molecule has 0 fully saturated rings. The Morgan fingerprint density at radius 1 is 1.30 bits per heavy atom. The lowest BCUT2D eigenvalue weighted by Crippen LogP contribution is -2.37. The Labute approximate surface area is 119 Å². The zero-order valence-electron chi connectivity index (χ0n) is 12.7. The largest absolute Gasteiger partial charge is 0.465 e. The van der Waals surface area contributed by atoms with Crippen molar-refractivity contribution in [2.75, 3.05) is 19.7 Å². The van der Waals surface area contributed by atoms with Gasteiger partial charge in [0.15, 0.2) is 0 Å². The van der Waals surface area contributed by atoms with E-state index in [0.29, 0.717) is 25.4 Å². The molecule has 0 unspecified atom stereocenters. The molecular formula is C14H23N3O3. The summed E-state index contributed by atoms with van der Waals surface area (Å²) in [5.41, 5.74) is 1.40. The molecule has 1 aromatic rings. The number of hydrogen-bond donors (Lipinski definition) is 0. The first kappa shape index (κ1) is 16.2. The van der Waals surface area contributed by atoms with E-state index < -0.39 is 0 Å². The van der Waals surface area contributed by atoms with Crippen LogP contribution < -0.4 is 0 Å². The third-order valence-electron chi connectivity index (χ3n) is 3.01. The molecule has 0 atom stereocenters. The predicted molar refractivity (Wildman–Crippen MR) is 75.5 cm³/mol. The maximum absolute atomic E-state index is 12.5. The average Bonchev–Trinajstić information content (AvgIpc) is 2.87. The van der Waals surface area contributed by atoms with Crippen molar-refractivity contribution in [3.8, 4) is 0 Å². The monoisotopic (exact) mass is 281 g/mol. The molecule has 6 heteroatoms. The van der Waals surface area contributed by atoms with Crippen LogP contribution in [0.15, 0.2) is 6.07 Å². The molecule has 0 radical (unpaired) electrons. The van der Waals surface area contributed by atoms with Gasteiger partial charge in [-0.15, -0.1) is 0 Å². The summed E-state index contributed by atoms with van der Waals surface area (Å²) in [6, 6.07) is 1.79. The third-order valence-corrected chi connectivity index (χ3v) is 3.01. The van der Waals surface area contributed by atoms with Gasteiger partial charge in [0, 0.05) is 13.1 Å². The van der Waals surface area contributed by atoms with Crippen LogP contribution in [0.2, 0.25) is 0 Å². The summed E-state index contributed by atoms with van der Waals surface area (Å²) >= 11 is 0. The lowest BCUT2D eigenvalue weighted by molar-refractivity contribution is -0.143. The minimum absolute atomic E-state index is 0.0282. The number of likely N-dealkylation sites (N-methyl/N-ethyl adjacent to an activating group) is 1. The molecular weight excluding hydrogens is 258 g/mol. The second-order valence-electron chi connectivity index (χ2n) is 4.31. The second-order valence-corrected chi connectivity index (χ2v) is 4.31. The number of esters is 1. The van der Waals surface area contributed by atoms with Crippen LogP contribution in [-0.2, 0) is 22.5 Å². The number of rotatable bonds is 7. The Balaban J connectivity index is 2.90. The fraction of sp³-hybridized carbons (Fsp3) is 0.643. The SMILES string of the molecule is CCOC(=O)CN(CC)C(=O)c1cc(CC)nn1CC. The minimum Gasteiger partial charge on any atom is -0.465 e. The van der Waals surface area contributed by atoms with Gasteiger partial charge in [-0.1, -0.05) is 6.92 Å². The number of nitrogens with zero attached hydrogens (tertiary/aromatic N) is 3. The first-order valence-electron chi connectivity index (χ1n) is 7.08. The van der Waals surface area contributed by atoms with Gasteiger partial charge in [-0.3, -0.25) is 14.3 Å². The lowest BCUT2D eigenvalue weighted by atomic mass is 10.2. The maximum Gasteiger partial charge on any atom is 0.325 e. The number of carbonyl (C=O) groups is 2. The van der Waals surface area contributed by atoms with Crippen LogP contribution in [0.5, 0.6) is 0 Å². The minimum atomic E-state index is -0.388. The molecule has 1 rings (SSSR count). The van der Waals surface area contributed by atoms with Crippen LogP contribution in [0, 0.1) is 0 Å². The molecule has 6 nitrogen and oxygen atoms in total. The highest BCUT2D eigenvalue weighted by atomic mass is 16.5. The molecule has 1 heterocycles. The van der Waals surface area contributed by atoms with Gasteiger partial charge in [0.2, 0.25) is 0 Å². The van der Waals surface area contributed by atoms with Crippen LogP contribution >= 0.6 is 0 Å². The van der Waals surface area contributed by atoms with E-state index in [1.807, 2.05) is 20.8 Å². The van der Waals surface area contributed by atoms with Crippen LogP contribution in [0.4, 0.5) is 0 Å². The van der Waals surface area contributed by atoms with Gasteiger partial charge >= 0.3 is 5.97 Å². The number of ether oxygens (including phenoxy) is 1. The van der Waals surface area contributed by atoms with Crippen molar-refractivity contribution < 1.29 is 14.3 Å². The summed E-state index contributed by atoms with van der Waals surface area (Å²) in [5.74, 6) is -0.574. The van der Waals surface area contributed by atoms with Gasteiger partial charge < -0.3 is 9.64 Å². The highest BCUT2D eigenvalue weighted by molar-refractivity contribution is 5.94. The number of carbonyl (C=O) groups excluding carboxylic acids is 2. The van der Waals surface area contributed by atoms with Gasteiger partial charge in [0.05, 0.1) is 12.3 Å². The molecule has 20 heavy (non-hydrogen) atoms. The first-order valence-corrected chi connectivity index (χ1v) is 7.08. The van der Waals surface area contributed by atoms with Gasteiger partial charge in [0.25, 0.3) is 5.91 Å². The summed E-state index contributed by atoms with van der Waals surface area (Å²) in [6.45, 7) is 8.88. The molecule has 0 saturated carbocycles. The Morgan fingerprint density at radius 2 is 2.00 bits per heavy atom. The van der Waals surface area contributed by atoms with Crippen LogP contribution in [0.3, 0.4) is 0 Å². The van der Waals surface area contributed by atoms with Gasteiger partial charge in [-0.25, -0.2) is 0 Å². The van der Waals surface area contributed by atoms with E-state index in [1.54, 1.807) is 17.7 Å². The molecule has 0 aromatic carbocycles. The third kappa shape index (κ3) is 3.82. The van der Waals surface area contributed by atoms with E-state index in [4.69, 9.17) is 4.74 Å². The van der Waals surface area contributed by atoms with Crippen LogP contribution in [-0.4, -0.2) is 46.3 Å². The van der Waals surface area contributed by atoms with Crippen molar-refractivity contribution in [1.82, 2.24) is 14.7 Å². The topological polar surface area (TPSA) is 64.4 Å². The van der Waals surface area contributed by atoms with Crippen molar-refractivity contribution in [3.05, 3.63) is 17.5 Å². The zero-order valence-corrected chi connectivity index (χ0v) is 12.7. The normalized spacial score (nSPS) is 10.4. The maximum atomic E-state index is 12.5. The first-order chi connectivity index (χ1) is 9.57. The Hall–Kier alpha value is -1.85. The molecule has 1 amide bonds. The molecule has 0 aliphatic rings. The quantitative estimate of drug-likeness (QED) is 0.710.